The van der Waals surface area contributed by atoms with Crippen LogP contribution in [0.25, 0.3) is 0 Å². The summed E-state index contributed by atoms with van der Waals surface area (Å²) in [6, 6.07) is 0.369. The highest BCUT2D eigenvalue weighted by Crippen LogP contribution is 2.12. The SMILES string of the molecule is COCC1COC(C)(C)CN1.Cl. The zero-order valence-electron chi connectivity index (χ0n) is 7.92. The number of methoxy groups -OCH3 is 1. The quantitative estimate of drug-likeness (QED) is 0.708. The minimum absolute atomic E-state index is 0. The van der Waals surface area contributed by atoms with E-state index >= 15 is 0 Å². The third-order valence-electron chi connectivity index (χ3n) is 1.86. The molecule has 1 atom stereocenters. The first-order chi connectivity index (χ1) is 5.14. The van der Waals surface area contributed by atoms with Gasteiger partial charge in [-0.05, 0) is 13.8 Å². The minimum atomic E-state index is -0.00968. The molecule has 0 saturated carbocycles. The summed E-state index contributed by atoms with van der Waals surface area (Å²) in [6.45, 7) is 6.56. The van der Waals surface area contributed by atoms with Gasteiger partial charge in [0.1, 0.15) is 0 Å². The Kier molecular flexibility index (Phi) is 5.09. The number of ether oxygens (including phenoxy) is 2. The van der Waals surface area contributed by atoms with E-state index in [2.05, 4.69) is 19.2 Å². The van der Waals surface area contributed by atoms with E-state index in [4.69, 9.17) is 9.47 Å². The number of morpholine rings is 1. The van der Waals surface area contributed by atoms with Gasteiger partial charge in [0.15, 0.2) is 0 Å². The molecule has 1 saturated heterocycles. The first-order valence-electron chi connectivity index (χ1n) is 4.00. The monoisotopic (exact) mass is 195 g/mol. The van der Waals surface area contributed by atoms with Gasteiger partial charge in [-0.2, -0.15) is 0 Å². The van der Waals surface area contributed by atoms with Crippen molar-refractivity contribution in [2.24, 2.45) is 0 Å². The molecule has 0 aromatic carbocycles. The summed E-state index contributed by atoms with van der Waals surface area (Å²) in [5.41, 5.74) is -0.00968. The highest BCUT2D eigenvalue weighted by Gasteiger charge is 2.26. The van der Waals surface area contributed by atoms with Crippen LogP contribution in [0.5, 0.6) is 0 Å². The number of hydrogen-bond donors (Lipinski definition) is 1. The van der Waals surface area contributed by atoms with Gasteiger partial charge in [0.2, 0.25) is 0 Å². The highest BCUT2D eigenvalue weighted by atomic mass is 35.5. The van der Waals surface area contributed by atoms with E-state index < -0.39 is 0 Å². The maximum Gasteiger partial charge on any atom is 0.0751 e. The Morgan fingerprint density at radius 1 is 1.58 bits per heavy atom. The van der Waals surface area contributed by atoms with Crippen molar-refractivity contribution in [3.63, 3.8) is 0 Å². The first kappa shape index (κ1) is 12.2. The van der Waals surface area contributed by atoms with Crippen molar-refractivity contribution in [2.75, 3.05) is 26.9 Å². The molecule has 0 spiro atoms. The highest BCUT2D eigenvalue weighted by molar-refractivity contribution is 5.85. The van der Waals surface area contributed by atoms with Gasteiger partial charge >= 0.3 is 0 Å². The van der Waals surface area contributed by atoms with E-state index in [-0.39, 0.29) is 18.0 Å². The zero-order valence-corrected chi connectivity index (χ0v) is 8.74. The lowest BCUT2D eigenvalue weighted by molar-refractivity contribution is -0.0685. The Balaban J connectivity index is 0.00000121. The molecule has 12 heavy (non-hydrogen) atoms. The van der Waals surface area contributed by atoms with Gasteiger partial charge in [-0.3, -0.25) is 0 Å². The van der Waals surface area contributed by atoms with Gasteiger partial charge in [0.25, 0.3) is 0 Å². The van der Waals surface area contributed by atoms with E-state index in [0.717, 1.165) is 19.8 Å². The van der Waals surface area contributed by atoms with Crippen LogP contribution in [0.1, 0.15) is 13.8 Å². The average Bonchev–Trinajstić information content (AvgIpc) is 1.94. The molecular weight excluding hydrogens is 178 g/mol. The van der Waals surface area contributed by atoms with Gasteiger partial charge in [0, 0.05) is 13.7 Å². The second kappa shape index (κ2) is 5.02. The normalized spacial score (nSPS) is 27.8. The predicted molar refractivity (Wildman–Crippen MR) is 50.9 cm³/mol. The minimum Gasteiger partial charge on any atom is -0.383 e. The van der Waals surface area contributed by atoms with Crippen LogP contribution in [-0.4, -0.2) is 38.5 Å². The Bertz CT molecular complexity index is 120. The van der Waals surface area contributed by atoms with Crippen molar-refractivity contribution < 1.29 is 9.47 Å². The van der Waals surface area contributed by atoms with Crippen LogP contribution >= 0.6 is 12.4 Å². The van der Waals surface area contributed by atoms with Gasteiger partial charge in [-0.15, -0.1) is 12.4 Å². The van der Waals surface area contributed by atoms with E-state index in [1.165, 1.54) is 0 Å². The van der Waals surface area contributed by atoms with Crippen LogP contribution in [0.4, 0.5) is 0 Å². The fraction of sp³-hybridized carbons (Fsp3) is 1.00. The molecule has 0 amide bonds. The lowest BCUT2D eigenvalue weighted by Crippen LogP contribution is -2.53. The summed E-state index contributed by atoms with van der Waals surface area (Å²) < 4.78 is 10.6. The van der Waals surface area contributed by atoms with Gasteiger partial charge in [0.05, 0.1) is 24.9 Å². The van der Waals surface area contributed by atoms with Crippen molar-refractivity contribution in [3.05, 3.63) is 0 Å². The summed E-state index contributed by atoms with van der Waals surface area (Å²) in [6.07, 6.45) is 0. The van der Waals surface area contributed by atoms with Gasteiger partial charge < -0.3 is 14.8 Å². The lowest BCUT2D eigenvalue weighted by atomic mass is 10.1. The Labute approximate surface area is 80.2 Å². The van der Waals surface area contributed by atoms with Crippen LogP contribution in [0, 0.1) is 0 Å². The molecule has 1 fully saturated rings. The lowest BCUT2D eigenvalue weighted by Gasteiger charge is -2.35. The standard InChI is InChI=1S/C8H17NO2.ClH/c1-8(2)6-9-7(4-10-3)5-11-8;/h7,9H,4-6H2,1-3H3;1H. The molecular formula is C8H18ClNO2. The second-order valence-electron chi connectivity index (χ2n) is 3.60. The molecule has 74 valence electrons. The predicted octanol–water partition coefficient (Wildman–Crippen LogP) is 0.822. The number of halogens is 1. The third kappa shape index (κ3) is 3.72. The summed E-state index contributed by atoms with van der Waals surface area (Å²) in [5.74, 6) is 0. The molecule has 1 aliphatic rings. The van der Waals surface area contributed by atoms with E-state index in [0.29, 0.717) is 6.04 Å². The van der Waals surface area contributed by atoms with Crippen molar-refractivity contribution in [2.45, 2.75) is 25.5 Å². The van der Waals surface area contributed by atoms with Gasteiger partial charge in [-0.1, -0.05) is 0 Å². The molecule has 1 N–H and O–H groups in total. The molecule has 1 heterocycles. The number of rotatable bonds is 2. The van der Waals surface area contributed by atoms with Crippen LogP contribution in [0.15, 0.2) is 0 Å². The zero-order chi connectivity index (χ0) is 8.32. The van der Waals surface area contributed by atoms with Gasteiger partial charge in [-0.25, -0.2) is 0 Å². The average molecular weight is 196 g/mol. The molecule has 0 bridgehead atoms. The van der Waals surface area contributed by atoms with E-state index in [1.54, 1.807) is 7.11 Å². The fourth-order valence-corrected chi connectivity index (χ4v) is 1.13. The number of nitrogens with one attached hydrogen (secondary N) is 1. The molecule has 3 nitrogen and oxygen atoms in total. The molecule has 4 heteroatoms. The van der Waals surface area contributed by atoms with E-state index in [9.17, 15) is 0 Å². The molecule has 0 radical (unpaired) electrons. The molecule has 0 aliphatic carbocycles. The van der Waals surface area contributed by atoms with Crippen molar-refractivity contribution in [3.8, 4) is 0 Å². The molecule has 1 rings (SSSR count). The maximum atomic E-state index is 5.59. The largest absolute Gasteiger partial charge is 0.383 e. The Morgan fingerprint density at radius 3 is 2.67 bits per heavy atom. The topological polar surface area (TPSA) is 30.5 Å². The van der Waals surface area contributed by atoms with Crippen LogP contribution in [-0.2, 0) is 9.47 Å². The van der Waals surface area contributed by atoms with Crippen molar-refractivity contribution in [1.82, 2.24) is 5.32 Å². The van der Waals surface area contributed by atoms with E-state index in [1.807, 2.05) is 0 Å². The summed E-state index contributed by atoms with van der Waals surface area (Å²) >= 11 is 0. The fourth-order valence-electron chi connectivity index (χ4n) is 1.13. The van der Waals surface area contributed by atoms with Crippen molar-refractivity contribution in [1.29, 1.82) is 0 Å². The Hall–Kier alpha value is 0.170. The number of hydrogen-bond acceptors (Lipinski definition) is 3. The second-order valence-corrected chi connectivity index (χ2v) is 3.60. The molecule has 1 unspecified atom stereocenters. The Morgan fingerprint density at radius 2 is 2.25 bits per heavy atom. The summed E-state index contributed by atoms with van der Waals surface area (Å²) in [4.78, 5) is 0. The smallest absolute Gasteiger partial charge is 0.0751 e. The van der Waals surface area contributed by atoms with Crippen LogP contribution in [0.3, 0.4) is 0 Å². The van der Waals surface area contributed by atoms with Crippen LogP contribution < -0.4 is 5.32 Å². The van der Waals surface area contributed by atoms with Crippen LogP contribution in [0.2, 0.25) is 0 Å². The molecule has 0 aromatic heterocycles. The maximum absolute atomic E-state index is 5.59. The van der Waals surface area contributed by atoms with Crippen molar-refractivity contribution >= 4 is 12.4 Å². The molecule has 0 aromatic rings. The first-order valence-corrected chi connectivity index (χ1v) is 4.00. The summed E-state index contributed by atoms with van der Waals surface area (Å²) in [7, 11) is 1.71. The third-order valence-corrected chi connectivity index (χ3v) is 1.86. The molecule has 1 aliphatic heterocycles. The summed E-state index contributed by atoms with van der Waals surface area (Å²) in [5, 5.41) is 3.36.